The summed E-state index contributed by atoms with van der Waals surface area (Å²) < 4.78 is 11.1. The van der Waals surface area contributed by atoms with Crippen molar-refractivity contribution in [2.24, 2.45) is 5.92 Å². The number of anilines is 1. The number of morpholine rings is 1. The van der Waals surface area contributed by atoms with Gasteiger partial charge in [0.1, 0.15) is 11.9 Å². The van der Waals surface area contributed by atoms with Gasteiger partial charge in [-0.2, -0.15) is 5.26 Å². The zero-order valence-corrected chi connectivity index (χ0v) is 15.8. The monoisotopic (exact) mass is 357 g/mol. The predicted molar refractivity (Wildman–Crippen MR) is 98.2 cm³/mol. The summed E-state index contributed by atoms with van der Waals surface area (Å²) in [6, 6.07) is 3.81. The second kappa shape index (κ2) is 8.05. The van der Waals surface area contributed by atoms with E-state index in [0.717, 1.165) is 32.4 Å². The fourth-order valence-corrected chi connectivity index (χ4v) is 3.60. The lowest BCUT2D eigenvalue weighted by Gasteiger charge is -2.39. The highest BCUT2D eigenvalue weighted by Gasteiger charge is 2.39. The van der Waals surface area contributed by atoms with Crippen LogP contribution in [0.3, 0.4) is 0 Å². The highest BCUT2D eigenvalue weighted by Crippen LogP contribution is 2.38. The Kier molecular flexibility index (Phi) is 5.77. The van der Waals surface area contributed by atoms with Crippen molar-refractivity contribution in [3.63, 3.8) is 0 Å². The lowest BCUT2D eigenvalue weighted by molar-refractivity contribution is -0.0412. The first-order chi connectivity index (χ1) is 12.6. The molecule has 2 heterocycles. The Morgan fingerprint density at radius 3 is 2.85 bits per heavy atom. The SMILES string of the molecule is CCCC[C@@H]1CN(c2nc(C)c(C(=O)OC)cc2C#N)C[C@H](C2CC2)O1. The molecule has 0 radical (unpaired) electrons. The molecule has 1 aromatic heterocycles. The summed E-state index contributed by atoms with van der Waals surface area (Å²) in [7, 11) is 1.34. The molecule has 0 amide bonds. The molecule has 1 aliphatic heterocycles. The van der Waals surface area contributed by atoms with Crippen molar-refractivity contribution in [2.75, 3.05) is 25.1 Å². The van der Waals surface area contributed by atoms with Gasteiger partial charge in [0.2, 0.25) is 0 Å². The zero-order chi connectivity index (χ0) is 18.7. The summed E-state index contributed by atoms with van der Waals surface area (Å²) in [4.78, 5) is 18.7. The minimum Gasteiger partial charge on any atom is -0.465 e. The first kappa shape index (κ1) is 18.7. The quantitative estimate of drug-likeness (QED) is 0.728. The summed E-state index contributed by atoms with van der Waals surface area (Å²) in [5.74, 6) is 0.827. The maximum absolute atomic E-state index is 11.9. The summed E-state index contributed by atoms with van der Waals surface area (Å²) in [6.07, 6.45) is 6.12. The van der Waals surface area contributed by atoms with Crippen LogP contribution in [0.15, 0.2) is 6.07 Å². The minimum atomic E-state index is -0.461. The Labute approximate surface area is 155 Å². The predicted octanol–water partition coefficient (Wildman–Crippen LogP) is 3.22. The number of hydrogen-bond acceptors (Lipinski definition) is 6. The van der Waals surface area contributed by atoms with Gasteiger partial charge in [-0.1, -0.05) is 19.8 Å². The summed E-state index contributed by atoms with van der Waals surface area (Å²) >= 11 is 0. The third-order valence-corrected chi connectivity index (χ3v) is 5.24. The number of carbonyl (C=O) groups is 1. The van der Waals surface area contributed by atoms with Gasteiger partial charge < -0.3 is 14.4 Å². The molecule has 1 saturated heterocycles. The standard InChI is InChI=1S/C20H27N3O3/c1-4-5-6-16-11-23(12-18(26-16)14-7-8-14)19-15(10-21)9-17(13(2)22-19)20(24)25-3/h9,14,16,18H,4-8,11-12H2,1-3H3/t16-,18-/m1/s1. The van der Waals surface area contributed by atoms with Gasteiger partial charge in [-0.25, -0.2) is 9.78 Å². The van der Waals surface area contributed by atoms with Crippen molar-refractivity contribution in [1.82, 2.24) is 4.98 Å². The van der Waals surface area contributed by atoms with Crippen LogP contribution in [-0.4, -0.2) is 43.4 Å². The average Bonchev–Trinajstić information content (AvgIpc) is 3.50. The Balaban J connectivity index is 1.89. The smallest absolute Gasteiger partial charge is 0.339 e. The van der Waals surface area contributed by atoms with Gasteiger partial charge in [-0.3, -0.25) is 0 Å². The van der Waals surface area contributed by atoms with Gasteiger partial charge >= 0.3 is 5.97 Å². The number of pyridine rings is 1. The Morgan fingerprint density at radius 2 is 2.23 bits per heavy atom. The van der Waals surface area contributed by atoms with E-state index >= 15 is 0 Å². The van der Waals surface area contributed by atoms with Crippen molar-refractivity contribution >= 4 is 11.8 Å². The number of aromatic nitrogens is 1. The van der Waals surface area contributed by atoms with Crippen LogP contribution in [0.25, 0.3) is 0 Å². The number of esters is 1. The number of nitriles is 1. The topological polar surface area (TPSA) is 75.5 Å². The van der Waals surface area contributed by atoms with Crippen molar-refractivity contribution in [3.05, 3.63) is 22.9 Å². The second-order valence-corrected chi connectivity index (χ2v) is 7.28. The molecule has 0 N–H and O–H groups in total. The highest BCUT2D eigenvalue weighted by atomic mass is 16.5. The van der Waals surface area contributed by atoms with Gasteiger partial charge in [-0.05, 0) is 38.2 Å². The van der Waals surface area contributed by atoms with E-state index in [9.17, 15) is 10.1 Å². The molecule has 2 fully saturated rings. The molecule has 6 heteroatoms. The van der Waals surface area contributed by atoms with Crippen LogP contribution in [0.1, 0.15) is 60.6 Å². The molecule has 2 atom stereocenters. The Hall–Kier alpha value is -2.13. The summed E-state index contributed by atoms with van der Waals surface area (Å²) in [6.45, 7) is 5.46. The van der Waals surface area contributed by atoms with E-state index in [-0.39, 0.29) is 12.2 Å². The largest absolute Gasteiger partial charge is 0.465 e. The van der Waals surface area contributed by atoms with Crippen LogP contribution in [0.2, 0.25) is 0 Å². The van der Waals surface area contributed by atoms with Crippen molar-refractivity contribution in [3.8, 4) is 6.07 Å². The molecule has 3 rings (SSSR count). The first-order valence-corrected chi connectivity index (χ1v) is 9.47. The fourth-order valence-electron chi connectivity index (χ4n) is 3.60. The van der Waals surface area contributed by atoms with Crippen LogP contribution < -0.4 is 4.90 Å². The van der Waals surface area contributed by atoms with Crippen molar-refractivity contribution in [2.45, 2.75) is 58.2 Å². The molecule has 1 aliphatic carbocycles. The molecule has 140 valence electrons. The Bertz CT molecular complexity index is 709. The third-order valence-electron chi connectivity index (χ3n) is 5.24. The number of unbranched alkanes of at least 4 members (excludes halogenated alkanes) is 1. The molecule has 26 heavy (non-hydrogen) atoms. The molecule has 1 aromatic rings. The second-order valence-electron chi connectivity index (χ2n) is 7.28. The van der Waals surface area contributed by atoms with E-state index in [1.807, 2.05) is 0 Å². The number of hydrogen-bond donors (Lipinski definition) is 0. The Morgan fingerprint density at radius 1 is 1.46 bits per heavy atom. The normalized spacial score (nSPS) is 22.8. The van der Waals surface area contributed by atoms with Gasteiger partial charge in [-0.15, -0.1) is 0 Å². The third kappa shape index (κ3) is 3.99. The van der Waals surface area contributed by atoms with Crippen LogP contribution in [0.4, 0.5) is 5.82 Å². The first-order valence-electron chi connectivity index (χ1n) is 9.47. The van der Waals surface area contributed by atoms with Gasteiger partial charge in [0, 0.05) is 13.1 Å². The molecule has 1 saturated carbocycles. The highest BCUT2D eigenvalue weighted by molar-refractivity contribution is 5.91. The molecule has 0 aromatic carbocycles. The van der Waals surface area contributed by atoms with E-state index in [0.29, 0.717) is 28.6 Å². The maximum atomic E-state index is 11.9. The molecule has 0 unspecified atom stereocenters. The number of methoxy groups -OCH3 is 1. The molecule has 6 nitrogen and oxygen atoms in total. The zero-order valence-electron chi connectivity index (χ0n) is 15.8. The minimum absolute atomic E-state index is 0.170. The number of carbonyl (C=O) groups excluding carboxylic acids is 1. The lowest BCUT2D eigenvalue weighted by atomic mass is 10.1. The van der Waals surface area contributed by atoms with E-state index in [1.165, 1.54) is 20.0 Å². The molecular formula is C20H27N3O3. The average molecular weight is 357 g/mol. The van der Waals surface area contributed by atoms with Crippen molar-refractivity contribution < 1.29 is 14.3 Å². The van der Waals surface area contributed by atoms with E-state index in [4.69, 9.17) is 9.47 Å². The van der Waals surface area contributed by atoms with Gasteiger partial charge in [0.05, 0.1) is 36.1 Å². The molecular weight excluding hydrogens is 330 g/mol. The van der Waals surface area contributed by atoms with E-state index < -0.39 is 5.97 Å². The van der Waals surface area contributed by atoms with Crippen LogP contribution in [-0.2, 0) is 9.47 Å². The number of aryl methyl sites for hydroxylation is 1. The lowest BCUT2D eigenvalue weighted by Crippen LogP contribution is -2.49. The molecule has 0 bridgehead atoms. The molecule has 2 aliphatic rings. The van der Waals surface area contributed by atoms with Gasteiger partial charge in [0.25, 0.3) is 0 Å². The number of nitrogens with zero attached hydrogens (tertiary/aromatic N) is 3. The van der Waals surface area contributed by atoms with Crippen molar-refractivity contribution in [1.29, 1.82) is 5.26 Å². The van der Waals surface area contributed by atoms with Gasteiger partial charge in [0.15, 0.2) is 0 Å². The van der Waals surface area contributed by atoms with E-state index in [1.54, 1.807) is 13.0 Å². The van der Waals surface area contributed by atoms with Crippen LogP contribution in [0, 0.1) is 24.2 Å². The number of rotatable bonds is 6. The fraction of sp³-hybridized carbons (Fsp3) is 0.650. The van der Waals surface area contributed by atoms with E-state index in [2.05, 4.69) is 22.9 Å². The summed E-state index contributed by atoms with van der Waals surface area (Å²) in [5.41, 5.74) is 1.36. The maximum Gasteiger partial charge on any atom is 0.339 e. The molecule has 0 spiro atoms. The number of ether oxygens (including phenoxy) is 2. The van der Waals surface area contributed by atoms with Crippen LogP contribution >= 0.6 is 0 Å². The summed E-state index contributed by atoms with van der Waals surface area (Å²) in [5, 5.41) is 9.61. The van der Waals surface area contributed by atoms with Crippen LogP contribution in [0.5, 0.6) is 0 Å².